The van der Waals surface area contributed by atoms with E-state index in [-0.39, 0.29) is 0 Å². The highest BCUT2D eigenvalue weighted by Crippen LogP contribution is 2.49. The van der Waals surface area contributed by atoms with Crippen LogP contribution in [0.2, 0.25) is 0 Å². The van der Waals surface area contributed by atoms with Gasteiger partial charge in [-0.25, -0.2) is 9.97 Å². The van der Waals surface area contributed by atoms with Crippen molar-refractivity contribution >= 4 is 65.6 Å². The Labute approximate surface area is 348 Å². The fraction of sp³-hybridized carbons (Fsp3) is 0. The van der Waals surface area contributed by atoms with Gasteiger partial charge in [-0.3, -0.25) is 0 Å². The Hall–Kier alpha value is -8.78. The monoisotopic (exact) mass is 778 g/mol. The van der Waals surface area contributed by atoms with Crippen molar-refractivity contribution in [1.29, 1.82) is 10.5 Å². The molecule has 0 bridgehead atoms. The zero-order valence-corrected chi connectivity index (χ0v) is 32.4. The van der Waals surface area contributed by atoms with Crippen LogP contribution >= 0.6 is 0 Å². The number of benzene rings is 8. The molecule has 0 aliphatic rings. The second kappa shape index (κ2) is 13.4. The van der Waals surface area contributed by atoms with Gasteiger partial charge in [-0.2, -0.15) is 10.5 Å². The second-order valence-electron chi connectivity index (χ2n) is 15.2. The van der Waals surface area contributed by atoms with E-state index >= 15 is 0 Å². The second-order valence-corrected chi connectivity index (χ2v) is 15.2. The summed E-state index contributed by atoms with van der Waals surface area (Å²) in [6.45, 7) is 0. The lowest BCUT2D eigenvalue weighted by atomic mass is 10.0. The lowest BCUT2D eigenvalue weighted by Gasteiger charge is -2.14. The molecule has 0 atom stereocenters. The summed E-state index contributed by atoms with van der Waals surface area (Å²) >= 11 is 0. The molecule has 0 aliphatic heterocycles. The Morgan fingerprint density at radius 2 is 1.05 bits per heavy atom. The van der Waals surface area contributed by atoms with E-state index in [2.05, 4.69) is 63.7 Å². The summed E-state index contributed by atoms with van der Waals surface area (Å²) in [6, 6.07) is 65.7. The normalized spacial score (nSPS) is 11.6. The summed E-state index contributed by atoms with van der Waals surface area (Å²) < 4.78 is 11.4. The van der Waals surface area contributed by atoms with Gasteiger partial charge in [0.05, 0.1) is 67.1 Å². The van der Waals surface area contributed by atoms with Crippen LogP contribution in [0, 0.1) is 22.7 Å². The smallest absolute Gasteiger partial charge is 0.160 e. The molecule has 4 aromatic heterocycles. The molecular weight excluding hydrogens is 749 g/mol. The zero-order chi connectivity index (χ0) is 40.6. The van der Waals surface area contributed by atoms with Crippen molar-refractivity contribution in [3.05, 3.63) is 193 Å². The van der Waals surface area contributed by atoms with Crippen LogP contribution in [0.1, 0.15) is 11.1 Å². The third-order valence-corrected chi connectivity index (χ3v) is 11.8. The van der Waals surface area contributed by atoms with E-state index in [0.29, 0.717) is 17.0 Å². The summed E-state index contributed by atoms with van der Waals surface area (Å²) in [6.07, 6.45) is 0. The van der Waals surface area contributed by atoms with Gasteiger partial charge in [-0.05, 0) is 60.7 Å². The van der Waals surface area contributed by atoms with Crippen LogP contribution in [-0.2, 0) is 0 Å². The van der Waals surface area contributed by atoms with Crippen LogP contribution in [0.25, 0.3) is 111 Å². The van der Waals surface area contributed by atoms with Gasteiger partial charge in [0.2, 0.25) is 0 Å². The van der Waals surface area contributed by atoms with Crippen molar-refractivity contribution in [2.45, 2.75) is 0 Å². The number of furan rings is 1. The van der Waals surface area contributed by atoms with E-state index in [4.69, 9.17) is 14.4 Å². The van der Waals surface area contributed by atoms with Crippen molar-refractivity contribution in [1.82, 2.24) is 19.1 Å². The molecule has 0 aliphatic carbocycles. The first-order valence-electron chi connectivity index (χ1n) is 20.0. The number of hydrogen-bond acceptors (Lipinski definition) is 5. The average Bonchev–Trinajstić information content (AvgIpc) is 4.00. The molecule has 0 N–H and O–H groups in total. The van der Waals surface area contributed by atoms with Gasteiger partial charge < -0.3 is 13.6 Å². The molecule has 282 valence electrons. The molecule has 0 unspecified atom stereocenters. The van der Waals surface area contributed by atoms with Crippen molar-refractivity contribution in [3.8, 4) is 57.4 Å². The molecule has 12 aromatic rings. The number of nitriles is 2. The molecule has 4 heterocycles. The standard InChI is InChI=1S/C54H30N6O/c55-31-33-14-13-19-38(28-33)59-45-23-10-8-21-40(45)49-51(59)48-39-20-7-11-24-46(39)60(52(48)50-41-22-9-12-25-47(41)61-53(49)50)44-27-26-36(29-37(44)32-56)54-57-42(34-15-3-1-4-16-34)30-43(58-54)35-17-5-2-6-18-35/h1-30H. The van der Waals surface area contributed by atoms with E-state index < -0.39 is 0 Å². The Balaban J connectivity index is 1.20. The number of hydrogen-bond donors (Lipinski definition) is 0. The van der Waals surface area contributed by atoms with Crippen molar-refractivity contribution < 1.29 is 4.42 Å². The topological polar surface area (TPSA) is 96.4 Å². The molecule has 0 amide bonds. The summed E-state index contributed by atoms with van der Waals surface area (Å²) in [5, 5.41) is 27.1. The summed E-state index contributed by atoms with van der Waals surface area (Å²) in [5.41, 5.74) is 12.3. The zero-order valence-electron chi connectivity index (χ0n) is 32.4. The van der Waals surface area contributed by atoms with Crippen molar-refractivity contribution in [2.24, 2.45) is 0 Å². The largest absolute Gasteiger partial charge is 0.455 e. The summed E-state index contributed by atoms with van der Waals surface area (Å²) in [4.78, 5) is 10.2. The molecule has 0 saturated carbocycles. The van der Waals surface area contributed by atoms with E-state index in [9.17, 15) is 10.5 Å². The Morgan fingerprint density at radius 1 is 0.459 bits per heavy atom. The van der Waals surface area contributed by atoms with E-state index in [1.165, 1.54) is 0 Å². The third kappa shape index (κ3) is 5.15. The van der Waals surface area contributed by atoms with Gasteiger partial charge in [0, 0.05) is 43.9 Å². The summed E-state index contributed by atoms with van der Waals surface area (Å²) in [5.74, 6) is 0.527. The van der Waals surface area contributed by atoms with Gasteiger partial charge in [0.1, 0.15) is 17.2 Å². The molecule has 0 radical (unpaired) electrons. The third-order valence-electron chi connectivity index (χ3n) is 11.8. The van der Waals surface area contributed by atoms with Gasteiger partial charge in [-0.15, -0.1) is 0 Å². The maximum Gasteiger partial charge on any atom is 0.160 e. The lowest BCUT2D eigenvalue weighted by molar-refractivity contribution is 0.673. The minimum absolute atomic E-state index is 0.471. The van der Waals surface area contributed by atoms with Gasteiger partial charge in [0.15, 0.2) is 5.82 Å². The number of rotatable bonds is 5. The van der Waals surface area contributed by atoms with E-state index in [0.717, 1.165) is 105 Å². The number of aromatic nitrogens is 4. The SMILES string of the molecule is N#Cc1cccc(-n2c3ccccc3c3c4oc5ccccc5c4c4c(c5ccccc5n4-c4ccc(-c5nc(-c6ccccc6)cc(-c6ccccc6)n5)cc4C#N)c32)c1. The molecule has 0 spiro atoms. The van der Waals surface area contributed by atoms with Gasteiger partial charge >= 0.3 is 0 Å². The maximum absolute atomic E-state index is 11.1. The van der Waals surface area contributed by atoms with Crippen LogP contribution in [0.15, 0.2) is 186 Å². The predicted molar refractivity (Wildman–Crippen MR) is 244 cm³/mol. The predicted octanol–water partition coefficient (Wildman–Crippen LogP) is 13.3. The highest BCUT2D eigenvalue weighted by atomic mass is 16.3. The molecule has 12 rings (SSSR count). The molecule has 61 heavy (non-hydrogen) atoms. The van der Waals surface area contributed by atoms with Crippen LogP contribution < -0.4 is 0 Å². The number of para-hydroxylation sites is 3. The number of nitrogens with zero attached hydrogens (tertiary/aromatic N) is 6. The highest BCUT2D eigenvalue weighted by molar-refractivity contribution is 6.39. The molecule has 7 heteroatoms. The minimum Gasteiger partial charge on any atom is -0.455 e. The van der Waals surface area contributed by atoms with E-state index in [1.54, 1.807) is 0 Å². The Morgan fingerprint density at radius 3 is 1.74 bits per heavy atom. The average molecular weight is 779 g/mol. The lowest BCUT2D eigenvalue weighted by Crippen LogP contribution is -2.01. The fourth-order valence-corrected chi connectivity index (χ4v) is 9.16. The Kier molecular flexibility index (Phi) is 7.52. The van der Waals surface area contributed by atoms with Crippen LogP contribution in [0.3, 0.4) is 0 Å². The molecular formula is C54H30N6O. The highest BCUT2D eigenvalue weighted by Gasteiger charge is 2.28. The maximum atomic E-state index is 11.1. The molecule has 7 nitrogen and oxygen atoms in total. The quantitative estimate of drug-likeness (QED) is 0.173. The molecule has 0 saturated heterocycles. The van der Waals surface area contributed by atoms with Gasteiger partial charge in [0.25, 0.3) is 0 Å². The van der Waals surface area contributed by atoms with E-state index in [1.807, 2.05) is 140 Å². The minimum atomic E-state index is 0.471. The molecule has 8 aromatic carbocycles. The van der Waals surface area contributed by atoms with Gasteiger partial charge in [-0.1, -0.05) is 121 Å². The summed E-state index contributed by atoms with van der Waals surface area (Å²) in [7, 11) is 0. The first-order chi connectivity index (χ1) is 30.2. The first-order valence-corrected chi connectivity index (χ1v) is 20.0. The van der Waals surface area contributed by atoms with Crippen LogP contribution in [-0.4, -0.2) is 19.1 Å². The Bertz CT molecular complexity index is 3790. The number of fused-ring (bicyclic) bond motifs is 12. The first kappa shape index (κ1) is 34.3. The molecule has 0 fully saturated rings. The van der Waals surface area contributed by atoms with Crippen molar-refractivity contribution in [3.63, 3.8) is 0 Å². The van der Waals surface area contributed by atoms with Crippen molar-refractivity contribution in [2.75, 3.05) is 0 Å². The fourth-order valence-electron chi connectivity index (χ4n) is 9.16. The van der Waals surface area contributed by atoms with Crippen LogP contribution in [0.5, 0.6) is 0 Å². The van der Waals surface area contributed by atoms with Crippen LogP contribution in [0.4, 0.5) is 0 Å².